The molecule has 0 aliphatic carbocycles. The fraction of sp³-hybridized carbons (Fsp3) is 0.721. The van der Waals surface area contributed by atoms with Crippen molar-refractivity contribution in [1.29, 1.82) is 0 Å². The molecule has 0 aromatic carbocycles. The highest BCUT2D eigenvalue weighted by Gasteiger charge is 2.22. The number of unbranched alkanes of at least 4 members (excludes halogenated alkanes) is 17. The van der Waals surface area contributed by atoms with Crippen molar-refractivity contribution in [3.05, 3.63) is 60.8 Å². The van der Waals surface area contributed by atoms with Gasteiger partial charge in [0.25, 0.3) is 0 Å². The lowest BCUT2D eigenvalue weighted by molar-refractivity contribution is -0.161. The average Bonchev–Trinajstić information content (AvgIpc) is 3.11. The molecule has 0 rings (SSSR count). The highest BCUT2D eigenvalue weighted by Crippen LogP contribution is 2.36. The van der Waals surface area contributed by atoms with Crippen LogP contribution in [0.4, 0.5) is 0 Å². The molecule has 52 heavy (non-hydrogen) atoms. The van der Waals surface area contributed by atoms with Gasteiger partial charge in [0.1, 0.15) is 6.61 Å². The van der Waals surface area contributed by atoms with E-state index in [9.17, 15) is 14.2 Å². The van der Waals surface area contributed by atoms with Crippen LogP contribution >= 0.6 is 7.82 Å². The van der Waals surface area contributed by atoms with Crippen molar-refractivity contribution in [2.45, 2.75) is 187 Å². The van der Waals surface area contributed by atoms with Gasteiger partial charge in [-0.05, 0) is 83.5 Å². The Hall–Kier alpha value is -2.25. The van der Waals surface area contributed by atoms with E-state index in [1.54, 1.807) is 0 Å². The molecule has 0 saturated heterocycles. The predicted octanol–water partition coefficient (Wildman–Crippen LogP) is 12.5. The second-order valence-electron chi connectivity index (χ2n) is 13.6. The maximum Gasteiger partial charge on any atom is 0.469 e. The van der Waals surface area contributed by atoms with Gasteiger partial charge >= 0.3 is 19.8 Å². The first kappa shape index (κ1) is 49.8. The summed E-state index contributed by atoms with van der Waals surface area (Å²) in [5.41, 5.74) is 0. The molecular formula is C43H75O8P. The number of phosphoric ester groups is 1. The second-order valence-corrected chi connectivity index (χ2v) is 14.8. The minimum atomic E-state index is -4.76. The summed E-state index contributed by atoms with van der Waals surface area (Å²) in [6, 6.07) is 0. The number of hydrogen-bond donors (Lipinski definition) is 2. The molecule has 9 heteroatoms. The van der Waals surface area contributed by atoms with Gasteiger partial charge in [-0.2, -0.15) is 0 Å². The minimum absolute atomic E-state index is 0.192. The van der Waals surface area contributed by atoms with Crippen molar-refractivity contribution >= 4 is 19.8 Å². The Morgan fingerprint density at radius 3 is 1.37 bits per heavy atom. The summed E-state index contributed by atoms with van der Waals surface area (Å²) < 4.78 is 26.3. The quantitative estimate of drug-likeness (QED) is 0.0279. The van der Waals surface area contributed by atoms with E-state index < -0.39 is 32.5 Å². The molecule has 0 aromatic heterocycles. The van der Waals surface area contributed by atoms with E-state index in [1.165, 1.54) is 70.6 Å². The lowest BCUT2D eigenvalue weighted by Crippen LogP contribution is -2.29. The SMILES string of the molecule is CCCCC/C=C\C/C=C\C/C=C\C/C=C\CCCCCC(=O)OC[C@H](COP(=O)(O)O)OC(=O)CCCCCCC/C=C\CCCCCCCC. The molecule has 8 nitrogen and oxygen atoms in total. The van der Waals surface area contributed by atoms with E-state index in [0.29, 0.717) is 12.8 Å². The van der Waals surface area contributed by atoms with Gasteiger partial charge in [0, 0.05) is 12.8 Å². The van der Waals surface area contributed by atoms with E-state index >= 15 is 0 Å². The average molecular weight is 751 g/mol. The third-order valence-corrected chi connectivity index (χ3v) is 8.99. The van der Waals surface area contributed by atoms with Gasteiger partial charge in [0.15, 0.2) is 6.10 Å². The normalized spacial score (nSPS) is 13.1. The number of allylic oxidation sites excluding steroid dienone is 10. The van der Waals surface area contributed by atoms with Crippen LogP contribution < -0.4 is 0 Å². The summed E-state index contributed by atoms with van der Waals surface area (Å²) in [4.78, 5) is 42.8. The van der Waals surface area contributed by atoms with Crippen LogP contribution in [0.2, 0.25) is 0 Å². The van der Waals surface area contributed by atoms with Crippen LogP contribution in [-0.2, 0) is 28.2 Å². The fourth-order valence-corrected chi connectivity index (χ4v) is 5.77. The molecule has 0 aliphatic heterocycles. The minimum Gasteiger partial charge on any atom is -0.462 e. The first-order valence-corrected chi connectivity index (χ1v) is 22.1. The van der Waals surface area contributed by atoms with Crippen molar-refractivity contribution in [2.24, 2.45) is 0 Å². The highest BCUT2D eigenvalue weighted by molar-refractivity contribution is 7.46. The van der Waals surface area contributed by atoms with Crippen LogP contribution in [-0.4, -0.2) is 41.0 Å². The van der Waals surface area contributed by atoms with Crippen molar-refractivity contribution in [2.75, 3.05) is 13.2 Å². The Morgan fingerprint density at radius 1 is 0.500 bits per heavy atom. The number of esters is 2. The molecule has 0 aromatic rings. The van der Waals surface area contributed by atoms with Gasteiger partial charge in [0.2, 0.25) is 0 Å². The Bertz CT molecular complexity index is 1030. The Kier molecular flexibility index (Phi) is 36.8. The van der Waals surface area contributed by atoms with Crippen LogP contribution in [0.3, 0.4) is 0 Å². The van der Waals surface area contributed by atoms with E-state index in [4.69, 9.17) is 19.3 Å². The topological polar surface area (TPSA) is 119 Å². The van der Waals surface area contributed by atoms with Gasteiger partial charge in [-0.1, -0.05) is 145 Å². The zero-order valence-corrected chi connectivity index (χ0v) is 33.8. The zero-order chi connectivity index (χ0) is 38.2. The van der Waals surface area contributed by atoms with Gasteiger partial charge in [-0.25, -0.2) is 4.57 Å². The predicted molar refractivity (Wildman–Crippen MR) is 216 cm³/mol. The molecule has 0 amide bonds. The van der Waals surface area contributed by atoms with Crippen LogP contribution in [0.25, 0.3) is 0 Å². The maximum atomic E-state index is 12.4. The second kappa shape index (κ2) is 38.5. The Labute approximate surface area is 317 Å². The van der Waals surface area contributed by atoms with Crippen LogP contribution in [0, 0.1) is 0 Å². The number of carbonyl (C=O) groups excluding carboxylic acids is 2. The van der Waals surface area contributed by atoms with Crippen LogP contribution in [0.5, 0.6) is 0 Å². The van der Waals surface area contributed by atoms with Crippen molar-refractivity contribution in [1.82, 2.24) is 0 Å². The van der Waals surface area contributed by atoms with Gasteiger partial charge in [-0.3, -0.25) is 14.1 Å². The third-order valence-electron chi connectivity index (χ3n) is 8.51. The summed E-state index contributed by atoms with van der Waals surface area (Å²) in [6.07, 6.45) is 47.9. The molecule has 0 heterocycles. The first-order valence-electron chi connectivity index (χ1n) is 20.6. The van der Waals surface area contributed by atoms with Crippen molar-refractivity contribution in [3.63, 3.8) is 0 Å². The molecule has 0 saturated carbocycles. The van der Waals surface area contributed by atoms with Gasteiger partial charge in [0.05, 0.1) is 6.61 Å². The summed E-state index contributed by atoms with van der Waals surface area (Å²) in [5.74, 6) is -0.933. The lowest BCUT2D eigenvalue weighted by Gasteiger charge is -2.18. The fourth-order valence-electron chi connectivity index (χ4n) is 5.41. The summed E-state index contributed by atoms with van der Waals surface area (Å²) >= 11 is 0. The molecule has 0 radical (unpaired) electrons. The van der Waals surface area contributed by atoms with Crippen LogP contribution in [0.15, 0.2) is 60.8 Å². The van der Waals surface area contributed by atoms with E-state index in [-0.39, 0.29) is 19.4 Å². The van der Waals surface area contributed by atoms with Crippen molar-refractivity contribution in [3.8, 4) is 0 Å². The number of carbonyl (C=O) groups is 2. The number of phosphoric acid groups is 1. The Balaban J connectivity index is 4.02. The van der Waals surface area contributed by atoms with E-state index in [1.807, 2.05) is 0 Å². The van der Waals surface area contributed by atoms with Gasteiger partial charge < -0.3 is 19.3 Å². The third kappa shape index (κ3) is 40.5. The molecule has 0 unspecified atom stereocenters. The molecule has 1 atom stereocenters. The smallest absolute Gasteiger partial charge is 0.462 e. The lowest BCUT2D eigenvalue weighted by atomic mass is 10.1. The molecular weight excluding hydrogens is 675 g/mol. The molecule has 2 N–H and O–H groups in total. The maximum absolute atomic E-state index is 12.4. The van der Waals surface area contributed by atoms with E-state index in [0.717, 1.165) is 70.6 Å². The number of rotatable bonds is 37. The number of ether oxygens (including phenoxy) is 2. The molecule has 0 bridgehead atoms. The zero-order valence-electron chi connectivity index (χ0n) is 32.9. The standard InChI is InChI=1S/C43H75O8P/c1-3-5-7-9-11-13-15-17-19-20-21-22-24-25-27-29-31-33-35-37-42(44)49-39-41(40-50-52(46,47)48)51-43(45)38-36-34-32-30-28-26-23-18-16-14-12-10-8-6-4-2/h11,13,17-19,21-23,25,27,41H,3-10,12,14-16,20,24,26,28-40H2,1-2H3,(H2,46,47,48)/b13-11-,19-17-,22-21-,23-18-,27-25-/t41-/m1/s1. The molecule has 300 valence electrons. The molecule has 0 aliphatic rings. The molecule has 0 fully saturated rings. The van der Waals surface area contributed by atoms with E-state index in [2.05, 4.69) is 79.1 Å². The summed E-state index contributed by atoms with van der Waals surface area (Å²) in [5, 5.41) is 0. The van der Waals surface area contributed by atoms with Gasteiger partial charge in [-0.15, -0.1) is 0 Å². The molecule has 0 spiro atoms. The number of hydrogen-bond acceptors (Lipinski definition) is 6. The first-order chi connectivity index (χ1) is 25.3. The highest BCUT2D eigenvalue weighted by atomic mass is 31.2. The van der Waals surface area contributed by atoms with Crippen molar-refractivity contribution < 1.29 is 37.9 Å². The van der Waals surface area contributed by atoms with Crippen LogP contribution in [0.1, 0.15) is 181 Å². The monoisotopic (exact) mass is 751 g/mol. The Morgan fingerprint density at radius 2 is 0.865 bits per heavy atom. The summed E-state index contributed by atoms with van der Waals surface area (Å²) in [7, 11) is -4.76. The summed E-state index contributed by atoms with van der Waals surface area (Å²) in [6.45, 7) is 3.61. The largest absolute Gasteiger partial charge is 0.469 e.